The van der Waals surface area contributed by atoms with Gasteiger partial charge in [-0.15, -0.1) is 0 Å². The Morgan fingerprint density at radius 2 is 1.79 bits per heavy atom. The van der Waals surface area contributed by atoms with Crippen LogP contribution >= 0.6 is 11.6 Å². The van der Waals surface area contributed by atoms with Crippen molar-refractivity contribution >= 4 is 29.2 Å². The lowest BCUT2D eigenvalue weighted by Crippen LogP contribution is -2.30. The number of ether oxygens (including phenoxy) is 2. The Kier molecular flexibility index (Phi) is 6.21. The second kappa shape index (κ2) is 8.36. The number of anilines is 1. The molecule has 2 rings (SSSR count). The number of hydrogen-bond donors (Lipinski definition) is 1. The van der Waals surface area contributed by atoms with Gasteiger partial charge in [0.15, 0.2) is 6.10 Å². The van der Waals surface area contributed by atoms with E-state index in [1.807, 2.05) is 0 Å². The van der Waals surface area contributed by atoms with Crippen LogP contribution in [0.2, 0.25) is 5.02 Å². The third-order valence-corrected chi connectivity index (χ3v) is 3.49. The molecule has 6 heteroatoms. The van der Waals surface area contributed by atoms with Crippen LogP contribution in [0.5, 0.6) is 5.75 Å². The minimum Gasteiger partial charge on any atom is -0.479 e. The third-order valence-electron chi connectivity index (χ3n) is 3.17. The maximum atomic E-state index is 12.2. The lowest BCUT2D eigenvalue weighted by atomic mass is 10.2. The average Bonchev–Trinajstić information content (AvgIpc) is 2.57. The number of halogens is 1. The monoisotopic (exact) mass is 347 g/mol. The average molecular weight is 348 g/mol. The van der Waals surface area contributed by atoms with E-state index in [1.54, 1.807) is 62.4 Å². The molecule has 1 amide bonds. The second-order valence-electron chi connectivity index (χ2n) is 4.98. The summed E-state index contributed by atoms with van der Waals surface area (Å²) in [6, 6.07) is 13.4. The van der Waals surface area contributed by atoms with Gasteiger partial charge in [-0.2, -0.15) is 0 Å². The molecule has 0 saturated heterocycles. The number of rotatable bonds is 6. The summed E-state index contributed by atoms with van der Waals surface area (Å²) in [7, 11) is 0. The van der Waals surface area contributed by atoms with Crippen molar-refractivity contribution in [1.29, 1.82) is 0 Å². The number of esters is 1. The zero-order valence-corrected chi connectivity index (χ0v) is 14.2. The first kappa shape index (κ1) is 17.8. The van der Waals surface area contributed by atoms with Gasteiger partial charge in [-0.05, 0) is 50.2 Å². The lowest BCUT2D eigenvalue weighted by Gasteiger charge is -2.15. The van der Waals surface area contributed by atoms with Crippen LogP contribution < -0.4 is 10.1 Å². The normalized spacial score (nSPS) is 11.5. The molecule has 2 aromatic carbocycles. The van der Waals surface area contributed by atoms with Crippen molar-refractivity contribution in [3.63, 3.8) is 0 Å². The highest BCUT2D eigenvalue weighted by atomic mass is 35.5. The summed E-state index contributed by atoms with van der Waals surface area (Å²) in [5.41, 5.74) is 0.984. The molecule has 1 unspecified atom stereocenters. The van der Waals surface area contributed by atoms with Crippen molar-refractivity contribution < 1.29 is 19.1 Å². The van der Waals surface area contributed by atoms with Crippen LogP contribution in [0, 0.1) is 0 Å². The SMILES string of the molecule is CCOC(=O)c1ccc(NC(=O)C(C)Oc2ccccc2Cl)cc1. The molecule has 0 fully saturated rings. The minimum atomic E-state index is -0.727. The highest BCUT2D eigenvalue weighted by Gasteiger charge is 2.16. The molecule has 0 saturated carbocycles. The first-order valence-electron chi connectivity index (χ1n) is 7.50. The van der Waals surface area contributed by atoms with E-state index in [4.69, 9.17) is 21.1 Å². The summed E-state index contributed by atoms with van der Waals surface area (Å²) in [5, 5.41) is 3.16. The van der Waals surface area contributed by atoms with Crippen LogP contribution in [0.4, 0.5) is 5.69 Å². The van der Waals surface area contributed by atoms with Crippen molar-refractivity contribution in [2.45, 2.75) is 20.0 Å². The van der Waals surface area contributed by atoms with E-state index >= 15 is 0 Å². The van der Waals surface area contributed by atoms with Crippen LogP contribution in [0.15, 0.2) is 48.5 Å². The highest BCUT2D eigenvalue weighted by Crippen LogP contribution is 2.24. The zero-order valence-electron chi connectivity index (χ0n) is 13.4. The summed E-state index contributed by atoms with van der Waals surface area (Å²) in [4.78, 5) is 23.8. The molecule has 0 aliphatic carbocycles. The van der Waals surface area contributed by atoms with Gasteiger partial charge in [0.25, 0.3) is 5.91 Å². The Morgan fingerprint density at radius 3 is 2.42 bits per heavy atom. The van der Waals surface area contributed by atoms with Gasteiger partial charge < -0.3 is 14.8 Å². The fraction of sp³-hybridized carbons (Fsp3) is 0.222. The molecular weight excluding hydrogens is 330 g/mol. The summed E-state index contributed by atoms with van der Waals surface area (Å²) >= 11 is 6.01. The van der Waals surface area contributed by atoms with Crippen molar-refractivity contribution in [2.75, 3.05) is 11.9 Å². The van der Waals surface area contributed by atoms with E-state index in [0.717, 1.165) is 0 Å². The number of amides is 1. The van der Waals surface area contributed by atoms with Gasteiger partial charge in [0.05, 0.1) is 17.2 Å². The summed E-state index contributed by atoms with van der Waals surface area (Å²) in [6.07, 6.45) is -0.727. The number of benzene rings is 2. The molecule has 5 nitrogen and oxygen atoms in total. The number of carbonyl (C=O) groups is 2. The van der Waals surface area contributed by atoms with Gasteiger partial charge in [-0.1, -0.05) is 23.7 Å². The molecular formula is C18H18ClNO4. The molecule has 2 aromatic rings. The maximum absolute atomic E-state index is 12.2. The topological polar surface area (TPSA) is 64.6 Å². The van der Waals surface area contributed by atoms with Crippen molar-refractivity contribution in [1.82, 2.24) is 0 Å². The van der Waals surface area contributed by atoms with E-state index in [1.165, 1.54) is 0 Å². The molecule has 0 aromatic heterocycles. The van der Waals surface area contributed by atoms with E-state index in [9.17, 15) is 9.59 Å². The predicted molar refractivity (Wildman–Crippen MR) is 92.6 cm³/mol. The molecule has 0 heterocycles. The second-order valence-corrected chi connectivity index (χ2v) is 5.38. The predicted octanol–water partition coefficient (Wildman–Crippen LogP) is 3.92. The van der Waals surface area contributed by atoms with Crippen molar-refractivity contribution in [2.24, 2.45) is 0 Å². The van der Waals surface area contributed by atoms with Gasteiger partial charge in [-0.25, -0.2) is 4.79 Å². The summed E-state index contributed by atoms with van der Waals surface area (Å²) in [5.74, 6) is -0.274. The number of para-hydroxylation sites is 1. The fourth-order valence-corrected chi connectivity index (χ4v) is 2.11. The molecule has 24 heavy (non-hydrogen) atoms. The van der Waals surface area contributed by atoms with Crippen LogP contribution in [-0.2, 0) is 9.53 Å². The van der Waals surface area contributed by atoms with E-state index in [2.05, 4.69) is 5.32 Å². The molecule has 126 valence electrons. The Bertz CT molecular complexity index is 715. The standard InChI is InChI=1S/C18H18ClNO4/c1-3-23-18(22)13-8-10-14(11-9-13)20-17(21)12(2)24-16-7-5-4-6-15(16)19/h4-12H,3H2,1-2H3,(H,20,21). The molecule has 0 aliphatic rings. The Balaban J connectivity index is 1.96. The lowest BCUT2D eigenvalue weighted by molar-refractivity contribution is -0.122. The fourth-order valence-electron chi connectivity index (χ4n) is 1.93. The van der Waals surface area contributed by atoms with Crippen LogP contribution in [-0.4, -0.2) is 24.6 Å². The number of carbonyl (C=O) groups excluding carboxylic acids is 2. The first-order chi connectivity index (χ1) is 11.5. The largest absolute Gasteiger partial charge is 0.479 e. The molecule has 0 bridgehead atoms. The van der Waals surface area contributed by atoms with Crippen molar-refractivity contribution in [3.8, 4) is 5.75 Å². The Labute approximate surface area is 145 Å². The van der Waals surface area contributed by atoms with Crippen molar-refractivity contribution in [3.05, 3.63) is 59.1 Å². The van der Waals surface area contributed by atoms with E-state index in [0.29, 0.717) is 28.6 Å². The third kappa shape index (κ3) is 4.73. The maximum Gasteiger partial charge on any atom is 0.338 e. The summed E-state index contributed by atoms with van der Waals surface area (Å²) < 4.78 is 10.5. The first-order valence-corrected chi connectivity index (χ1v) is 7.88. The van der Waals surface area contributed by atoms with E-state index in [-0.39, 0.29) is 5.91 Å². The highest BCUT2D eigenvalue weighted by molar-refractivity contribution is 6.32. The zero-order chi connectivity index (χ0) is 17.5. The quantitative estimate of drug-likeness (QED) is 0.804. The smallest absolute Gasteiger partial charge is 0.338 e. The molecule has 1 N–H and O–H groups in total. The van der Waals surface area contributed by atoms with Gasteiger partial charge in [0.1, 0.15) is 5.75 Å². The Hall–Kier alpha value is -2.53. The van der Waals surface area contributed by atoms with Crippen LogP contribution in [0.25, 0.3) is 0 Å². The Morgan fingerprint density at radius 1 is 1.12 bits per heavy atom. The van der Waals surface area contributed by atoms with Crippen LogP contribution in [0.3, 0.4) is 0 Å². The van der Waals surface area contributed by atoms with Gasteiger partial charge in [-0.3, -0.25) is 4.79 Å². The minimum absolute atomic E-state index is 0.314. The molecule has 0 aliphatic heterocycles. The molecule has 1 atom stereocenters. The van der Waals surface area contributed by atoms with Crippen LogP contribution in [0.1, 0.15) is 24.2 Å². The number of nitrogens with one attached hydrogen (secondary N) is 1. The van der Waals surface area contributed by atoms with E-state index < -0.39 is 12.1 Å². The summed E-state index contributed by atoms with van der Waals surface area (Å²) in [6.45, 7) is 3.69. The number of hydrogen-bond acceptors (Lipinski definition) is 4. The van der Waals surface area contributed by atoms with Gasteiger partial charge in [0.2, 0.25) is 0 Å². The molecule has 0 radical (unpaired) electrons. The van der Waals surface area contributed by atoms with Gasteiger partial charge in [0, 0.05) is 5.69 Å². The molecule has 0 spiro atoms. The van der Waals surface area contributed by atoms with Gasteiger partial charge >= 0.3 is 5.97 Å².